The predicted octanol–water partition coefficient (Wildman–Crippen LogP) is 5.26. The number of hydrogen-bond donors (Lipinski definition) is 2. The van der Waals surface area contributed by atoms with E-state index >= 15 is 0 Å². The molecule has 0 saturated carbocycles. The second kappa shape index (κ2) is 10.2. The van der Waals surface area contributed by atoms with E-state index in [4.69, 9.17) is 17.3 Å². The monoisotopic (exact) mass is 546 g/mol. The zero-order valence-electron chi connectivity index (χ0n) is 21.3. The van der Waals surface area contributed by atoms with Crippen molar-refractivity contribution < 1.29 is 18.0 Å². The van der Waals surface area contributed by atoms with Crippen LogP contribution >= 0.6 is 11.6 Å². The highest BCUT2D eigenvalue weighted by atomic mass is 35.5. The highest BCUT2D eigenvalue weighted by molar-refractivity contribution is 6.32. The van der Waals surface area contributed by atoms with Crippen LogP contribution in [-0.2, 0) is 13.2 Å². The van der Waals surface area contributed by atoms with E-state index in [1.165, 1.54) is 23.0 Å². The lowest BCUT2D eigenvalue weighted by Gasteiger charge is -2.22. The van der Waals surface area contributed by atoms with E-state index in [0.29, 0.717) is 17.1 Å². The SMILES string of the molecule is Cc1ncc(C(=O)Nc2cc(C(N)C(C)C)c(Cl)c(C(F)(F)F)c2)cc1-n1cc(-c2cnn(C)c2C)nn1. The maximum atomic E-state index is 13.7. The normalized spacial score (nSPS) is 12.7. The van der Waals surface area contributed by atoms with Crippen LogP contribution in [0.1, 0.15) is 52.8 Å². The van der Waals surface area contributed by atoms with E-state index < -0.39 is 28.7 Å². The predicted molar refractivity (Wildman–Crippen MR) is 137 cm³/mol. The van der Waals surface area contributed by atoms with Crippen molar-refractivity contribution in [1.82, 2.24) is 29.8 Å². The maximum Gasteiger partial charge on any atom is 0.417 e. The molecule has 0 saturated heterocycles. The fourth-order valence-corrected chi connectivity index (χ4v) is 4.21. The van der Waals surface area contributed by atoms with E-state index in [1.807, 2.05) is 14.0 Å². The Morgan fingerprint density at radius 1 is 1.16 bits per heavy atom. The van der Waals surface area contributed by atoms with Gasteiger partial charge in [0.2, 0.25) is 0 Å². The minimum Gasteiger partial charge on any atom is -0.324 e. The molecule has 0 fully saturated rings. The Balaban J connectivity index is 1.67. The van der Waals surface area contributed by atoms with Gasteiger partial charge in [-0.05, 0) is 43.5 Å². The molecule has 1 unspecified atom stereocenters. The second-order valence-corrected chi connectivity index (χ2v) is 9.67. The fraction of sp³-hybridized carbons (Fsp3) is 0.320. The van der Waals surface area contributed by atoms with Crippen molar-refractivity contribution in [1.29, 1.82) is 0 Å². The van der Waals surface area contributed by atoms with Gasteiger partial charge in [0.15, 0.2) is 0 Å². The van der Waals surface area contributed by atoms with Crippen LogP contribution < -0.4 is 11.1 Å². The van der Waals surface area contributed by atoms with E-state index in [2.05, 4.69) is 25.7 Å². The summed E-state index contributed by atoms with van der Waals surface area (Å²) < 4.78 is 44.3. The third-order valence-corrected chi connectivity index (χ3v) is 6.74. The van der Waals surface area contributed by atoms with Crippen molar-refractivity contribution in [2.24, 2.45) is 18.7 Å². The summed E-state index contributed by atoms with van der Waals surface area (Å²) in [5.41, 5.74) is 8.49. The molecule has 200 valence electrons. The Morgan fingerprint density at radius 2 is 1.87 bits per heavy atom. The molecule has 3 N–H and O–H groups in total. The Morgan fingerprint density at radius 3 is 2.47 bits per heavy atom. The molecule has 0 aliphatic heterocycles. The first-order chi connectivity index (χ1) is 17.8. The summed E-state index contributed by atoms with van der Waals surface area (Å²) in [6.45, 7) is 7.18. The zero-order valence-corrected chi connectivity index (χ0v) is 22.1. The summed E-state index contributed by atoms with van der Waals surface area (Å²) in [6.07, 6.45) is -0.0403. The lowest BCUT2D eigenvalue weighted by atomic mass is 9.94. The first kappa shape index (κ1) is 27.3. The number of carbonyl (C=O) groups is 1. The summed E-state index contributed by atoms with van der Waals surface area (Å²) in [4.78, 5) is 17.4. The number of aryl methyl sites for hydroxylation is 2. The third-order valence-electron chi connectivity index (χ3n) is 6.32. The molecule has 0 aliphatic carbocycles. The first-order valence-electron chi connectivity index (χ1n) is 11.6. The number of nitrogens with zero attached hydrogens (tertiary/aromatic N) is 6. The third kappa shape index (κ3) is 5.27. The summed E-state index contributed by atoms with van der Waals surface area (Å²) in [6, 6.07) is 2.92. The second-order valence-electron chi connectivity index (χ2n) is 9.29. The van der Waals surface area contributed by atoms with Crippen LogP contribution in [0.2, 0.25) is 5.02 Å². The average molecular weight is 547 g/mol. The zero-order chi connectivity index (χ0) is 27.9. The number of carbonyl (C=O) groups excluding carboxylic acids is 1. The maximum absolute atomic E-state index is 13.7. The Kier molecular flexibility index (Phi) is 7.31. The quantitative estimate of drug-likeness (QED) is 0.341. The molecule has 0 bridgehead atoms. The number of nitrogens with one attached hydrogen (secondary N) is 1. The molecule has 3 aromatic heterocycles. The van der Waals surface area contributed by atoms with Crippen molar-refractivity contribution in [3.8, 4) is 16.9 Å². The van der Waals surface area contributed by atoms with Crippen LogP contribution in [0.5, 0.6) is 0 Å². The molecular weight excluding hydrogens is 521 g/mol. The average Bonchev–Trinajstić information content (AvgIpc) is 3.45. The molecule has 13 heteroatoms. The number of amides is 1. The largest absolute Gasteiger partial charge is 0.417 e. The number of anilines is 1. The van der Waals surface area contributed by atoms with Crippen molar-refractivity contribution in [3.05, 3.63) is 69.9 Å². The van der Waals surface area contributed by atoms with Crippen LogP contribution in [0.4, 0.5) is 18.9 Å². The molecule has 0 radical (unpaired) electrons. The molecule has 38 heavy (non-hydrogen) atoms. The molecule has 0 aliphatic rings. The standard InChI is InChI=1S/C25H26ClF3N8O/c1-12(2)23(30)17-7-16(8-19(22(17)26)25(27,28)29)33-24(38)15-6-21(13(3)31-9-15)37-11-20(34-35-37)18-10-32-36(5)14(18)4/h6-12,23H,30H2,1-5H3,(H,33,38). The number of alkyl halides is 3. The number of aromatic nitrogens is 6. The number of halogens is 4. The van der Waals surface area contributed by atoms with E-state index in [1.54, 1.807) is 37.8 Å². The number of hydrogen-bond acceptors (Lipinski definition) is 6. The summed E-state index contributed by atoms with van der Waals surface area (Å²) in [5.74, 6) is -0.854. The van der Waals surface area contributed by atoms with Crippen LogP contribution in [-0.4, -0.2) is 35.7 Å². The van der Waals surface area contributed by atoms with E-state index in [-0.39, 0.29) is 22.7 Å². The van der Waals surface area contributed by atoms with Gasteiger partial charge in [-0.1, -0.05) is 30.7 Å². The van der Waals surface area contributed by atoms with Gasteiger partial charge in [-0.2, -0.15) is 18.3 Å². The highest BCUT2D eigenvalue weighted by Gasteiger charge is 2.36. The summed E-state index contributed by atoms with van der Waals surface area (Å²) in [7, 11) is 1.82. The highest BCUT2D eigenvalue weighted by Crippen LogP contribution is 2.41. The van der Waals surface area contributed by atoms with Gasteiger partial charge in [-0.15, -0.1) is 5.10 Å². The van der Waals surface area contributed by atoms with Gasteiger partial charge in [0.25, 0.3) is 5.91 Å². The molecule has 3 heterocycles. The molecule has 4 aromatic rings. The summed E-state index contributed by atoms with van der Waals surface area (Å²) in [5, 5.41) is 14.6. The van der Waals surface area contributed by atoms with Gasteiger partial charge >= 0.3 is 6.18 Å². The topological polar surface area (TPSA) is 117 Å². The van der Waals surface area contributed by atoms with Crippen molar-refractivity contribution in [3.63, 3.8) is 0 Å². The molecule has 1 amide bonds. The van der Waals surface area contributed by atoms with Gasteiger partial charge in [0, 0.05) is 36.2 Å². The molecular formula is C25H26ClF3N8O. The van der Waals surface area contributed by atoms with Gasteiger partial charge in [-0.25, -0.2) is 4.68 Å². The van der Waals surface area contributed by atoms with Crippen molar-refractivity contribution in [2.75, 3.05) is 5.32 Å². The molecule has 9 nitrogen and oxygen atoms in total. The van der Waals surface area contributed by atoms with Crippen molar-refractivity contribution >= 4 is 23.2 Å². The van der Waals surface area contributed by atoms with Crippen LogP contribution in [0.15, 0.2) is 36.8 Å². The Labute approximate surface area is 221 Å². The van der Waals surface area contributed by atoms with Gasteiger partial charge < -0.3 is 11.1 Å². The lowest BCUT2D eigenvalue weighted by molar-refractivity contribution is -0.137. The van der Waals surface area contributed by atoms with Crippen LogP contribution in [0.3, 0.4) is 0 Å². The molecule has 0 spiro atoms. The van der Waals surface area contributed by atoms with Gasteiger partial charge in [0.1, 0.15) is 5.69 Å². The molecule has 1 aromatic carbocycles. The fourth-order valence-electron chi connectivity index (χ4n) is 3.86. The van der Waals surface area contributed by atoms with Crippen LogP contribution in [0.25, 0.3) is 16.9 Å². The van der Waals surface area contributed by atoms with E-state index in [9.17, 15) is 18.0 Å². The van der Waals surface area contributed by atoms with Gasteiger partial charge in [0.05, 0.1) is 39.9 Å². The first-order valence-corrected chi connectivity index (χ1v) is 12.0. The number of pyridine rings is 1. The smallest absolute Gasteiger partial charge is 0.324 e. The molecule has 4 rings (SSSR count). The van der Waals surface area contributed by atoms with Crippen molar-refractivity contribution in [2.45, 2.75) is 39.9 Å². The Bertz CT molecular complexity index is 1510. The minimum absolute atomic E-state index is 0.0879. The lowest BCUT2D eigenvalue weighted by Crippen LogP contribution is -2.20. The Hall–Kier alpha value is -3.77. The number of nitrogens with two attached hydrogens (primary N) is 1. The molecule has 1 atom stereocenters. The number of rotatable bonds is 6. The van der Waals surface area contributed by atoms with E-state index in [0.717, 1.165) is 17.3 Å². The van der Waals surface area contributed by atoms with Gasteiger partial charge in [-0.3, -0.25) is 14.5 Å². The van der Waals surface area contributed by atoms with Crippen LogP contribution in [0, 0.1) is 19.8 Å². The summed E-state index contributed by atoms with van der Waals surface area (Å²) >= 11 is 6.08. The minimum atomic E-state index is -4.74. The number of benzene rings is 1.